The zero-order valence-corrected chi connectivity index (χ0v) is 11.0. The highest BCUT2D eigenvalue weighted by molar-refractivity contribution is 5.56. The molecule has 0 bridgehead atoms. The summed E-state index contributed by atoms with van der Waals surface area (Å²) in [5.74, 6) is 0.157. The van der Waals surface area contributed by atoms with Crippen LogP contribution >= 0.6 is 0 Å². The Labute approximate surface area is 116 Å². The van der Waals surface area contributed by atoms with Gasteiger partial charge in [0, 0.05) is 6.54 Å². The SMILES string of the molecule is Cc1ccccc1CCNc1nc(N)ncc1[N+](=O)[O-]. The van der Waals surface area contributed by atoms with Crippen molar-refractivity contribution in [2.24, 2.45) is 0 Å². The van der Waals surface area contributed by atoms with Gasteiger partial charge in [0.15, 0.2) is 0 Å². The molecule has 0 saturated carbocycles. The molecule has 0 aliphatic rings. The summed E-state index contributed by atoms with van der Waals surface area (Å²) >= 11 is 0. The van der Waals surface area contributed by atoms with E-state index in [9.17, 15) is 10.1 Å². The van der Waals surface area contributed by atoms with Crippen LogP contribution in [0.15, 0.2) is 30.5 Å². The third-order valence-electron chi connectivity index (χ3n) is 2.93. The number of benzene rings is 1. The number of nitrogens with one attached hydrogen (secondary N) is 1. The average molecular weight is 273 g/mol. The van der Waals surface area contributed by atoms with E-state index in [2.05, 4.69) is 15.3 Å². The third kappa shape index (κ3) is 3.19. The van der Waals surface area contributed by atoms with Crippen LogP contribution in [0.5, 0.6) is 0 Å². The number of anilines is 2. The summed E-state index contributed by atoms with van der Waals surface area (Å²) in [7, 11) is 0. The van der Waals surface area contributed by atoms with Crippen LogP contribution in [-0.4, -0.2) is 21.4 Å². The van der Waals surface area contributed by atoms with Crippen molar-refractivity contribution in [1.29, 1.82) is 0 Å². The van der Waals surface area contributed by atoms with E-state index in [1.807, 2.05) is 31.2 Å². The van der Waals surface area contributed by atoms with Gasteiger partial charge in [0.05, 0.1) is 4.92 Å². The van der Waals surface area contributed by atoms with E-state index in [0.29, 0.717) is 6.54 Å². The molecule has 20 heavy (non-hydrogen) atoms. The van der Waals surface area contributed by atoms with Crippen LogP contribution in [0.4, 0.5) is 17.5 Å². The summed E-state index contributed by atoms with van der Waals surface area (Å²) in [6.07, 6.45) is 1.85. The second kappa shape index (κ2) is 5.96. The molecule has 0 saturated heterocycles. The number of nitrogens with two attached hydrogens (primary N) is 1. The Morgan fingerprint density at radius 3 is 2.85 bits per heavy atom. The van der Waals surface area contributed by atoms with Crippen LogP contribution in [0.3, 0.4) is 0 Å². The fourth-order valence-corrected chi connectivity index (χ4v) is 1.86. The van der Waals surface area contributed by atoms with Gasteiger partial charge in [-0.1, -0.05) is 24.3 Å². The third-order valence-corrected chi connectivity index (χ3v) is 2.93. The van der Waals surface area contributed by atoms with E-state index in [-0.39, 0.29) is 17.5 Å². The first kappa shape index (κ1) is 13.7. The predicted molar refractivity (Wildman–Crippen MR) is 76.5 cm³/mol. The van der Waals surface area contributed by atoms with Gasteiger partial charge in [-0.15, -0.1) is 0 Å². The van der Waals surface area contributed by atoms with Crippen LogP contribution < -0.4 is 11.1 Å². The van der Waals surface area contributed by atoms with Gasteiger partial charge in [-0.05, 0) is 24.5 Å². The van der Waals surface area contributed by atoms with E-state index in [0.717, 1.165) is 12.6 Å². The highest BCUT2D eigenvalue weighted by Gasteiger charge is 2.16. The molecule has 7 heteroatoms. The van der Waals surface area contributed by atoms with Crippen molar-refractivity contribution in [3.63, 3.8) is 0 Å². The molecule has 0 fully saturated rings. The second-order valence-corrected chi connectivity index (χ2v) is 4.32. The Kier molecular flexibility index (Phi) is 4.09. The topological polar surface area (TPSA) is 107 Å². The fraction of sp³-hybridized carbons (Fsp3) is 0.231. The second-order valence-electron chi connectivity index (χ2n) is 4.32. The van der Waals surface area contributed by atoms with Gasteiger partial charge in [0.1, 0.15) is 6.20 Å². The number of nitrogen functional groups attached to an aromatic ring is 1. The molecule has 2 rings (SSSR count). The van der Waals surface area contributed by atoms with Gasteiger partial charge in [-0.25, -0.2) is 4.98 Å². The molecule has 104 valence electrons. The maximum atomic E-state index is 10.9. The van der Waals surface area contributed by atoms with Crippen molar-refractivity contribution >= 4 is 17.5 Å². The highest BCUT2D eigenvalue weighted by atomic mass is 16.6. The van der Waals surface area contributed by atoms with Crippen LogP contribution in [0.2, 0.25) is 0 Å². The van der Waals surface area contributed by atoms with E-state index in [1.54, 1.807) is 0 Å². The zero-order valence-electron chi connectivity index (χ0n) is 11.0. The molecule has 0 spiro atoms. The molecular formula is C13H15N5O2. The lowest BCUT2D eigenvalue weighted by molar-refractivity contribution is -0.384. The van der Waals surface area contributed by atoms with Gasteiger partial charge in [0.25, 0.3) is 0 Å². The Morgan fingerprint density at radius 1 is 1.40 bits per heavy atom. The van der Waals surface area contributed by atoms with Crippen LogP contribution in [-0.2, 0) is 6.42 Å². The lowest BCUT2D eigenvalue weighted by atomic mass is 10.1. The van der Waals surface area contributed by atoms with E-state index >= 15 is 0 Å². The number of hydrogen-bond acceptors (Lipinski definition) is 6. The first-order valence-electron chi connectivity index (χ1n) is 6.13. The van der Waals surface area contributed by atoms with E-state index in [4.69, 9.17) is 5.73 Å². The quantitative estimate of drug-likeness (QED) is 0.636. The van der Waals surface area contributed by atoms with Gasteiger partial charge >= 0.3 is 5.69 Å². The maximum absolute atomic E-state index is 10.9. The molecule has 2 aromatic rings. The number of rotatable bonds is 5. The molecule has 0 radical (unpaired) electrons. The minimum atomic E-state index is -0.532. The molecule has 1 aromatic carbocycles. The molecule has 0 unspecified atom stereocenters. The smallest absolute Gasteiger partial charge is 0.329 e. The predicted octanol–water partition coefficient (Wildman–Crippen LogP) is 1.93. The standard InChI is InChI=1S/C13H15N5O2/c1-9-4-2-3-5-10(9)6-7-15-12-11(18(19)20)8-16-13(14)17-12/h2-5,8H,6-7H2,1H3,(H3,14,15,16,17). The maximum Gasteiger partial charge on any atom is 0.329 e. The summed E-state index contributed by atoms with van der Waals surface area (Å²) in [5, 5.41) is 13.8. The Hall–Kier alpha value is -2.70. The van der Waals surface area contributed by atoms with E-state index < -0.39 is 4.92 Å². The molecule has 0 amide bonds. The number of nitro groups is 1. The van der Waals surface area contributed by atoms with Gasteiger partial charge in [0.2, 0.25) is 11.8 Å². The summed E-state index contributed by atoms with van der Waals surface area (Å²) in [6.45, 7) is 2.56. The fourth-order valence-electron chi connectivity index (χ4n) is 1.86. The van der Waals surface area contributed by atoms with Crippen molar-refractivity contribution in [1.82, 2.24) is 9.97 Å². The van der Waals surface area contributed by atoms with Crippen molar-refractivity contribution in [3.05, 3.63) is 51.7 Å². The summed E-state index contributed by atoms with van der Waals surface area (Å²) in [6, 6.07) is 8.00. The molecular weight excluding hydrogens is 258 g/mol. The van der Waals surface area contributed by atoms with Crippen molar-refractivity contribution in [2.45, 2.75) is 13.3 Å². The molecule has 0 aliphatic heterocycles. The Morgan fingerprint density at radius 2 is 2.15 bits per heavy atom. The van der Waals surface area contributed by atoms with Crippen molar-refractivity contribution < 1.29 is 4.92 Å². The van der Waals surface area contributed by atoms with Crippen LogP contribution in [0.25, 0.3) is 0 Å². The highest BCUT2D eigenvalue weighted by Crippen LogP contribution is 2.21. The largest absolute Gasteiger partial charge is 0.368 e. The Bertz CT molecular complexity index is 630. The van der Waals surface area contributed by atoms with Gasteiger partial charge in [-0.2, -0.15) is 4.98 Å². The minimum absolute atomic E-state index is 0.00833. The molecule has 1 aromatic heterocycles. The van der Waals surface area contributed by atoms with Crippen molar-refractivity contribution in [3.8, 4) is 0 Å². The minimum Gasteiger partial charge on any atom is -0.368 e. The monoisotopic (exact) mass is 273 g/mol. The van der Waals surface area contributed by atoms with E-state index in [1.165, 1.54) is 11.1 Å². The summed E-state index contributed by atoms with van der Waals surface area (Å²) in [4.78, 5) is 17.8. The Balaban J connectivity index is 2.06. The molecule has 1 heterocycles. The van der Waals surface area contributed by atoms with Crippen LogP contribution in [0, 0.1) is 17.0 Å². The first-order chi connectivity index (χ1) is 9.58. The molecule has 7 nitrogen and oxygen atoms in total. The van der Waals surface area contributed by atoms with Crippen LogP contribution in [0.1, 0.15) is 11.1 Å². The number of nitrogens with zero attached hydrogens (tertiary/aromatic N) is 3. The van der Waals surface area contributed by atoms with Crippen molar-refractivity contribution in [2.75, 3.05) is 17.6 Å². The van der Waals surface area contributed by atoms with Gasteiger partial charge in [-0.3, -0.25) is 10.1 Å². The summed E-state index contributed by atoms with van der Waals surface area (Å²) in [5.41, 5.74) is 7.64. The summed E-state index contributed by atoms with van der Waals surface area (Å²) < 4.78 is 0. The molecule has 0 atom stereocenters. The molecule has 0 aliphatic carbocycles. The number of aryl methyl sites for hydroxylation is 1. The van der Waals surface area contributed by atoms with Gasteiger partial charge < -0.3 is 11.1 Å². The lowest BCUT2D eigenvalue weighted by Crippen LogP contribution is -2.10. The number of aromatic nitrogens is 2. The first-order valence-corrected chi connectivity index (χ1v) is 6.13. The molecule has 3 N–H and O–H groups in total. The normalized spacial score (nSPS) is 10.2. The lowest BCUT2D eigenvalue weighted by Gasteiger charge is -2.08. The zero-order chi connectivity index (χ0) is 14.5. The number of hydrogen-bond donors (Lipinski definition) is 2. The average Bonchev–Trinajstić information content (AvgIpc) is 2.41.